The summed E-state index contributed by atoms with van der Waals surface area (Å²) < 4.78 is 5.72. The summed E-state index contributed by atoms with van der Waals surface area (Å²) in [5, 5.41) is 11.9. The van der Waals surface area contributed by atoms with E-state index in [0.717, 1.165) is 31.6 Å². The van der Waals surface area contributed by atoms with Crippen molar-refractivity contribution in [2.45, 2.75) is 25.5 Å². The Labute approximate surface area is 152 Å². The first-order chi connectivity index (χ1) is 12.8. The molecule has 1 aromatic heterocycles. The summed E-state index contributed by atoms with van der Waals surface area (Å²) in [6.45, 7) is 2.92. The summed E-state index contributed by atoms with van der Waals surface area (Å²) in [5.41, 5.74) is 4.98. The lowest BCUT2D eigenvalue weighted by Gasteiger charge is -2.46. The molecule has 0 radical (unpaired) electrons. The van der Waals surface area contributed by atoms with Crippen LogP contribution >= 0.6 is 0 Å². The average Bonchev–Trinajstić information content (AvgIpc) is 3.11. The molecule has 0 aliphatic carbocycles. The van der Waals surface area contributed by atoms with Crippen molar-refractivity contribution in [3.05, 3.63) is 65.9 Å². The number of anilines is 1. The molecule has 2 aliphatic rings. The van der Waals surface area contributed by atoms with Crippen molar-refractivity contribution in [1.82, 2.24) is 9.88 Å². The van der Waals surface area contributed by atoms with Crippen molar-refractivity contribution >= 4 is 16.6 Å². The van der Waals surface area contributed by atoms with Gasteiger partial charge in [0, 0.05) is 48.5 Å². The largest absolute Gasteiger partial charge is 0.365 e. The van der Waals surface area contributed by atoms with Crippen LogP contribution in [0.2, 0.25) is 0 Å². The molecular formula is C21H23N3O2. The number of ether oxygens (including phenoxy) is 1. The normalized spacial score (nSPS) is 21.0. The van der Waals surface area contributed by atoms with Gasteiger partial charge in [-0.25, -0.2) is 0 Å². The standard InChI is InChI=1S/C21H23N3O2/c25-21(26-14-15-5-2-1-3-6-15)23-9-10-24-17(13-23)11-16-12-22-18-7-4-8-19(24)20(16)18/h1-8,12,17,21-22,25H,9-11,13-14H2. The summed E-state index contributed by atoms with van der Waals surface area (Å²) in [6.07, 6.45) is 2.27. The van der Waals surface area contributed by atoms with E-state index < -0.39 is 6.41 Å². The molecule has 134 valence electrons. The van der Waals surface area contributed by atoms with Gasteiger partial charge in [0.1, 0.15) is 0 Å². The molecule has 2 aromatic carbocycles. The van der Waals surface area contributed by atoms with Crippen LogP contribution in [-0.2, 0) is 17.8 Å². The van der Waals surface area contributed by atoms with Gasteiger partial charge in [0.15, 0.2) is 0 Å². The van der Waals surface area contributed by atoms with Crippen LogP contribution in [0.1, 0.15) is 11.1 Å². The molecule has 5 heteroatoms. The van der Waals surface area contributed by atoms with Crippen molar-refractivity contribution in [3.63, 3.8) is 0 Å². The Balaban J connectivity index is 1.29. The maximum Gasteiger partial charge on any atom is 0.216 e. The van der Waals surface area contributed by atoms with Crippen molar-refractivity contribution in [1.29, 1.82) is 0 Å². The van der Waals surface area contributed by atoms with E-state index in [-0.39, 0.29) is 0 Å². The molecule has 2 atom stereocenters. The Kier molecular flexibility index (Phi) is 3.93. The van der Waals surface area contributed by atoms with Gasteiger partial charge in [0.25, 0.3) is 0 Å². The molecular weight excluding hydrogens is 326 g/mol. The second kappa shape index (κ2) is 6.43. The molecule has 2 aliphatic heterocycles. The van der Waals surface area contributed by atoms with Crippen LogP contribution < -0.4 is 4.90 Å². The van der Waals surface area contributed by atoms with Crippen LogP contribution in [-0.4, -0.2) is 47.1 Å². The fraction of sp³-hybridized carbons (Fsp3) is 0.333. The number of aromatic amines is 1. The predicted octanol–water partition coefficient (Wildman–Crippen LogP) is 2.71. The minimum atomic E-state index is -0.860. The number of aliphatic hydroxyl groups is 1. The molecule has 2 N–H and O–H groups in total. The molecule has 3 heterocycles. The molecule has 3 aromatic rings. The highest BCUT2D eigenvalue weighted by Gasteiger charge is 2.35. The van der Waals surface area contributed by atoms with Crippen molar-refractivity contribution in [2.75, 3.05) is 24.5 Å². The van der Waals surface area contributed by atoms with Crippen LogP contribution in [0.5, 0.6) is 0 Å². The van der Waals surface area contributed by atoms with Gasteiger partial charge in [-0.15, -0.1) is 0 Å². The van der Waals surface area contributed by atoms with Crippen molar-refractivity contribution in [2.24, 2.45) is 0 Å². The van der Waals surface area contributed by atoms with Crippen molar-refractivity contribution < 1.29 is 9.84 Å². The van der Waals surface area contributed by atoms with Gasteiger partial charge < -0.3 is 19.7 Å². The Bertz CT molecular complexity index is 908. The second-order valence-electron chi connectivity index (χ2n) is 7.18. The highest BCUT2D eigenvalue weighted by molar-refractivity contribution is 5.96. The molecule has 26 heavy (non-hydrogen) atoms. The topological polar surface area (TPSA) is 51.7 Å². The van der Waals surface area contributed by atoms with Crippen LogP contribution in [0.4, 0.5) is 5.69 Å². The molecule has 2 unspecified atom stereocenters. The van der Waals surface area contributed by atoms with Crippen molar-refractivity contribution in [3.8, 4) is 0 Å². The molecule has 5 rings (SSSR count). The third-order valence-corrected chi connectivity index (χ3v) is 5.60. The molecule has 0 bridgehead atoms. The summed E-state index contributed by atoms with van der Waals surface area (Å²) >= 11 is 0. The zero-order chi connectivity index (χ0) is 17.5. The molecule has 5 nitrogen and oxygen atoms in total. The van der Waals surface area contributed by atoms with Gasteiger partial charge in [0.05, 0.1) is 6.61 Å². The zero-order valence-corrected chi connectivity index (χ0v) is 14.6. The number of nitrogens with one attached hydrogen (secondary N) is 1. The minimum Gasteiger partial charge on any atom is -0.365 e. The molecule has 1 saturated heterocycles. The van der Waals surface area contributed by atoms with E-state index in [4.69, 9.17) is 4.74 Å². The molecule has 0 saturated carbocycles. The van der Waals surface area contributed by atoms with Gasteiger partial charge in [-0.05, 0) is 29.7 Å². The smallest absolute Gasteiger partial charge is 0.216 e. The monoisotopic (exact) mass is 349 g/mol. The Morgan fingerprint density at radius 1 is 1.12 bits per heavy atom. The van der Waals surface area contributed by atoms with Crippen LogP contribution in [0.3, 0.4) is 0 Å². The third kappa shape index (κ3) is 2.69. The number of fused-ring (bicyclic) bond motifs is 2. The van der Waals surface area contributed by atoms with Gasteiger partial charge in [-0.1, -0.05) is 36.4 Å². The van der Waals surface area contributed by atoms with Gasteiger partial charge >= 0.3 is 0 Å². The van der Waals surface area contributed by atoms with E-state index in [0.29, 0.717) is 12.6 Å². The third-order valence-electron chi connectivity index (χ3n) is 5.60. The first kappa shape index (κ1) is 15.9. The average molecular weight is 349 g/mol. The summed E-state index contributed by atoms with van der Waals surface area (Å²) in [7, 11) is 0. The zero-order valence-electron chi connectivity index (χ0n) is 14.6. The molecule has 0 spiro atoms. The Hall–Kier alpha value is -2.34. The minimum absolute atomic E-state index is 0.368. The summed E-state index contributed by atoms with van der Waals surface area (Å²) in [6, 6.07) is 16.8. The fourth-order valence-electron chi connectivity index (χ4n) is 4.31. The summed E-state index contributed by atoms with van der Waals surface area (Å²) in [4.78, 5) is 7.92. The number of H-pyrrole nitrogens is 1. The number of rotatable bonds is 4. The van der Waals surface area contributed by atoms with E-state index >= 15 is 0 Å². The highest BCUT2D eigenvalue weighted by Crippen LogP contribution is 2.37. The fourth-order valence-corrected chi connectivity index (χ4v) is 4.31. The predicted molar refractivity (Wildman–Crippen MR) is 102 cm³/mol. The van der Waals surface area contributed by atoms with E-state index in [1.807, 2.05) is 35.2 Å². The lowest BCUT2D eigenvalue weighted by molar-refractivity contribution is -0.203. The first-order valence-electron chi connectivity index (χ1n) is 9.23. The maximum absolute atomic E-state index is 10.5. The van der Waals surface area contributed by atoms with E-state index in [1.54, 1.807) is 0 Å². The first-order valence-corrected chi connectivity index (χ1v) is 9.23. The second-order valence-corrected chi connectivity index (χ2v) is 7.18. The van der Waals surface area contributed by atoms with E-state index in [2.05, 4.69) is 34.3 Å². The Morgan fingerprint density at radius 2 is 2.00 bits per heavy atom. The van der Waals surface area contributed by atoms with E-state index in [9.17, 15) is 5.11 Å². The number of aliphatic hydroxyl groups excluding tert-OH is 1. The number of hydrogen-bond donors (Lipinski definition) is 2. The SMILES string of the molecule is OC(OCc1ccccc1)N1CCN2c3cccc4[nH]cc(c34)CC2C1. The van der Waals surface area contributed by atoms with Crippen LogP contribution in [0.25, 0.3) is 10.9 Å². The lowest BCUT2D eigenvalue weighted by atomic mass is 9.94. The number of piperazine rings is 1. The lowest BCUT2D eigenvalue weighted by Crippen LogP contribution is -2.58. The van der Waals surface area contributed by atoms with E-state index in [1.165, 1.54) is 22.2 Å². The maximum atomic E-state index is 10.5. The van der Waals surface area contributed by atoms with Gasteiger partial charge in [-0.2, -0.15) is 0 Å². The molecule has 1 fully saturated rings. The van der Waals surface area contributed by atoms with Gasteiger partial charge in [0.2, 0.25) is 6.41 Å². The highest BCUT2D eigenvalue weighted by atomic mass is 16.6. The number of benzene rings is 2. The van der Waals surface area contributed by atoms with Gasteiger partial charge in [-0.3, -0.25) is 4.90 Å². The summed E-state index contributed by atoms with van der Waals surface area (Å²) in [5.74, 6) is 0. The van der Waals surface area contributed by atoms with Crippen LogP contribution in [0, 0.1) is 0 Å². The number of aromatic nitrogens is 1. The Morgan fingerprint density at radius 3 is 2.88 bits per heavy atom. The number of nitrogens with zero attached hydrogens (tertiary/aromatic N) is 2. The van der Waals surface area contributed by atoms with Crippen LogP contribution in [0.15, 0.2) is 54.7 Å². The molecule has 0 amide bonds. The quantitative estimate of drug-likeness (QED) is 0.711. The number of hydrogen-bond acceptors (Lipinski definition) is 4.